The van der Waals surface area contributed by atoms with Gasteiger partial charge in [-0.25, -0.2) is 0 Å². The van der Waals surface area contributed by atoms with E-state index in [1.54, 1.807) is 12.3 Å². The lowest BCUT2D eigenvalue weighted by Crippen LogP contribution is -1.91. The number of rotatable bonds is 2. The van der Waals surface area contributed by atoms with Gasteiger partial charge in [0.1, 0.15) is 0 Å². The van der Waals surface area contributed by atoms with Crippen LogP contribution in [-0.4, -0.2) is 4.98 Å². The third-order valence-corrected chi connectivity index (χ3v) is 3.00. The van der Waals surface area contributed by atoms with Gasteiger partial charge in [0, 0.05) is 32.8 Å². The third-order valence-electron chi connectivity index (χ3n) is 2.10. The summed E-state index contributed by atoms with van der Waals surface area (Å²) < 4.78 is 0.973. The Morgan fingerprint density at radius 3 is 2.31 bits per heavy atom. The molecule has 4 heteroatoms. The van der Waals surface area contributed by atoms with Crippen molar-refractivity contribution < 1.29 is 0 Å². The highest BCUT2D eigenvalue weighted by Crippen LogP contribution is 2.21. The second-order valence-electron chi connectivity index (χ2n) is 3.42. The van der Waals surface area contributed by atoms with Crippen molar-refractivity contribution >= 4 is 39.1 Å². The van der Waals surface area contributed by atoms with Crippen LogP contribution in [-0.2, 0) is 6.42 Å². The molecule has 0 aliphatic carbocycles. The van der Waals surface area contributed by atoms with Gasteiger partial charge in [-0.1, -0.05) is 23.2 Å². The predicted octanol–water partition coefficient (Wildman–Crippen LogP) is 4.74. The fraction of sp³-hybridized carbons (Fsp3) is 0.0833. The maximum Gasteiger partial charge on any atom is 0.0448 e. The van der Waals surface area contributed by atoms with Crippen molar-refractivity contribution in [1.29, 1.82) is 0 Å². The zero-order valence-electron chi connectivity index (χ0n) is 8.25. The Labute approximate surface area is 113 Å². The molecule has 0 radical (unpaired) electrons. The van der Waals surface area contributed by atoms with E-state index < -0.39 is 0 Å². The number of halogens is 3. The maximum atomic E-state index is 5.93. The molecule has 2 aromatic rings. The van der Waals surface area contributed by atoms with E-state index >= 15 is 0 Å². The molecule has 0 bridgehead atoms. The van der Waals surface area contributed by atoms with E-state index in [4.69, 9.17) is 23.2 Å². The highest BCUT2D eigenvalue weighted by Gasteiger charge is 2.01. The van der Waals surface area contributed by atoms with Crippen LogP contribution in [0.3, 0.4) is 0 Å². The molecule has 82 valence electrons. The van der Waals surface area contributed by atoms with Crippen LogP contribution < -0.4 is 0 Å². The number of aromatic nitrogens is 1. The molecule has 0 fully saturated rings. The van der Waals surface area contributed by atoms with E-state index in [1.807, 2.05) is 24.3 Å². The first-order valence-electron chi connectivity index (χ1n) is 4.69. The smallest absolute Gasteiger partial charge is 0.0448 e. The molecule has 1 aromatic heterocycles. The average molecular weight is 317 g/mol. The van der Waals surface area contributed by atoms with Gasteiger partial charge in [-0.05, 0) is 51.8 Å². The second-order valence-corrected chi connectivity index (χ2v) is 5.21. The molecule has 2 rings (SSSR count). The first-order valence-corrected chi connectivity index (χ1v) is 6.24. The predicted molar refractivity (Wildman–Crippen MR) is 71.2 cm³/mol. The SMILES string of the molecule is Clc1cc(Cl)cc(Cc2ccc(Br)cn2)c1. The van der Waals surface area contributed by atoms with Crippen molar-refractivity contribution in [2.75, 3.05) is 0 Å². The zero-order chi connectivity index (χ0) is 11.5. The minimum absolute atomic E-state index is 0.652. The summed E-state index contributed by atoms with van der Waals surface area (Å²) >= 11 is 15.2. The molecule has 0 saturated carbocycles. The zero-order valence-corrected chi connectivity index (χ0v) is 11.4. The van der Waals surface area contributed by atoms with E-state index in [-0.39, 0.29) is 0 Å². The van der Waals surface area contributed by atoms with Crippen LogP contribution in [0.1, 0.15) is 11.3 Å². The Morgan fingerprint density at radius 2 is 1.75 bits per heavy atom. The molecule has 0 spiro atoms. The van der Waals surface area contributed by atoms with Crippen molar-refractivity contribution in [1.82, 2.24) is 4.98 Å². The lowest BCUT2D eigenvalue weighted by Gasteiger charge is -2.03. The van der Waals surface area contributed by atoms with Gasteiger partial charge in [0.05, 0.1) is 0 Å². The Morgan fingerprint density at radius 1 is 1.06 bits per heavy atom. The summed E-state index contributed by atoms with van der Waals surface area (Å²) in [7, 11) is 0. The molecule has 0 aliphatic rings. The van der Waals surface area contributed by atoms with Gasteiger partial charge in [-0.2, -0.15) is 0 Å². The number of pyridine rings is 1. The van der Waals surface area contributed by atoms with Crippen molar-refractivity contribution in [2.24, 2.45) is 0 Å². The largest absolute Gasteiger partial charge is 0.260 e. The molecule has 0 unspecified atom stereocenters. The lowest BCUT2D eigenvalue weighted by molar-refractivity contribution is 1.07. The monoisotopic (exact) mass is 315 g/mol. The third kappa shape index (κ3) is 3.21. The molecular formula is C12H8BrCl2N. The van der Waals surface area contributed by atoms with Gasteiger partial charge in [-0.15, -0.1) is 0 Å². The Balaban J connectivity index is 2.23. The maximum absolute atomic E-state index is 5.93. The van der Waals surface area contributed by atoms with Crippen LogP contribution in [0, 0.1) is 0 Å². The minimum Gasteiger partial charge on any atom is -0.260 e. The van der Waals surface area contributed by atoms with E-state index in [1.165, 1.54) is 0 Å². The first-order chi connectivity index (χ1) is 7.63. The Bertz CT molecular complexity index is 477. The minimum atomic E-state index is 0.652. The van der Waals surface area contributed by atoms with Gasteiger partial charge in [-0.3, -0.25) is 4.98 Å². The van der Waals surface area contributed by atoms with Crippen molar-refractivity contribution in [3.05, 3.63) is 62.3 Å². The van der Waals surface area contributed by atoms with E-state index in [0.29, 0.717) is 10.0 Å². The van der Waals surface area contributed by atoms with Crippen molar-refractivity contribution in [3.63, 3.8) is 0 Å². The van der Waals surface area contributed by atoms with Gasteiger partial charge >= 0.3 is 0 Å². The second kappa shape index (κ2) is 5.17. The first kappa shape index (κ1) is 11.9. The van der Waals surface area contributed by atoms with Crippen LogP contribution in [0.5, 0.6) is 0 Å². The highest BCUT2D eigenvalue weighted by atomic mass is 79.9. The molecule has 0 N–H and O–H groups in total. The summed E-state index contributed by atoms with van der Waals surface area (Å²) in [4.78, 5) is 4.30. The number of hydrogen-bond donors (Lipinski definition) is 0. The average Bonchev–Trinajstić information content (AvgIpc) is 2.20. The molecule has 16 heavy (non-hydrogen) atoms. The summed E-state index contributed by atoms with van der Waals surface area (Å²) in [5.41, 5.74) is 2.05. The Hall–Kier alpha value is -0.570. The quantitative estimate of drug-likeness (QED) is 0.779. The highest BCUT2D eigenvalue weighted by molar-refractivity contribution is 9.10. The van der Waals surface area contributed by atoms with E-state index in [0.717, 1.165) is 22.2 Å². The van der Waals surface area contributed by atoms with Gasteiger partial charge in [0.25, 0.3) is 0 Å². The number of benzene rings is 1. The molecule has 0 aliphatic heterocycles. The summed E-state index contributed by atoms with van der Waals surface area (Å²) in [6.07, 6.45) is 2.51. The molecule has 1 heterocycles. The van der Waals surface area contributed by atoms with Crippen molar-refractivity contribution in [2.45, 2.75) is 6.42 Å². The summed E-state index contributed by atoms with van der Waals surface area (Å²) in [5, 5.41) is 1.30. The van der Waals surface area contributed by atoms with Crippen LogP contribution in [0.2, 0.25) is 10.0 Å². The summed E-state index contributed by atoms with van der Waals surface area (Å²) in [5.74, 6) is 0. The molecule has 0 amide bonds. The Kier molecular flexibility index (Phi) is 3.85. The molecule has 1 aromatic carbocycles. The fourth-order valence-corrected chi connectivity index (χ4v) is 2.24. The van der Waals surface area contributed by atoms with E-state index in [9.17, 15) is 0 Å². The van der Waals surface area contributed by atoms with Gasteiger partial charge in [0.15, 0.2) is 0 Å². The number of hydrogen-bond acceptors (Lipinski definition) is 1. The van der Waals surface area contributed by atoms with Gasteiger partial charge in [0.2, 0.25) is 0 Å². The van der Waals surface area contributed by atoms with Crippen LogP contribution >= 0.6 is 39.1 Å². The fourth-order valence-electron chi connectivity index (χ4n) is 1.43. The topological polar surface area (TPSA) is 12.9 Å². The molecule has 0 atom stereocenters. The van der Waals surface area contributed by atoms with E-state index in [2.05, 4.69) is 20.9 Å². The standard InChI is InChI=1S/C12H8BrCl2N/c13-9-1-2-12(16-7-9)5-8-3-10(14)6-11(15)4-8/h1-4,6-7H,5H2. The molecule has 1 nitrogen and oxygen atoms in total. The molecule has 0 saturated heterocycles. The van der Waals surface area contributed by atoms with Gasteiger partial charge < -0.3 is 0 Å². The molecular weight excluding hydrogens is 309 g/mol. The normalized spacial score (nSPS) is 10.4. The van der Waals surface area contributed by atoms with Crippen LogP contribution in [0.15, 0.2) is 41.0 Å². The summed E-state index contributed by atoms with van der Waals surface area (Å²) in [6.45, 7) is 0. The van der Waals surface area contributed by atoms with Crippen LogP contribution in [0.4, 0.5) is 0 Å². The summed E-state index contributed by atoms with van der Waals surface area (Å²) in [6, 6.07) is 9.46. The lowest BCUT2D eigenvalue weighted by atomic mass is 10.1. The van der Waals surface area contributed by atoms with Crippen molar-refractivity contribution in [3.8, 4) is 0 Å². The van der Waals surface area contributed by atoms with Crippen LogP contribution in [0.25, 0.3) is 0 Å². The number of nitrogens with zero attached hydrogens (tertiary/aromatic N) is 1.